The summed E-state index contributed by atoms with van der Waals surface area (Å²) in [5, 5.41) is 0. The molecule has 0 N–H and O–H groups in total. The molecule has 0 heterocycles. The van der Waals surface area contributed by atoms with Crippen molar-refractivity contribution in [1.29, 1.82) is 0 Å². The van der Waals surface area contributed by atoms with Crippen molar-refractivity contribution >= 4 is 11.8 Å². The molecule has 0 saturated heterocycles. The first-order valence-corrected chi connectivity index (χ1v) is 6.31. The molecule has 0 aliphatic heterocycles. The minimum absolute atomic E-state index is 0.0296. The number of ether oxygens (including phenoxy) is 1. The van der Waals surface area contributed by atoms with E-state index in [2.05, 4.69) is 4.74 Å². The van der Waals surface area contributed by atoms with E-state index in [0.717, 1.165) is 0 Å². The topological polar surface area (TPSA) is 43.4 Å². The molecule has 0 saturated carbocycles. The lowest BCUT2D eigenvalue weighted by Crippen LogP contribution is -2.36. The van der Waals surface area contributed by atoms with Crippen molar-refractivity contribution in [2.24, 2.45) is 5.41 Å². The van der Waals surface area contributed by atoms with Crippen molar-refractivity contribution < 1.29 is 31.9 Å². The van der Waals surface area contributed by atoms with Gasteiger partial charge in [-0.05, 0) is 33.6 Å². The lowest BCUT2D eigenvalue weighted by molar-refractivity contribution is -0.186. The van der Waals surface area contributed by atoms with E-state index in [0.29, 0.717) is 25.7 Å². The quantitative estimate of drug-likeness (QED) is 0.371. The summed E-state index contributed by atoms with van der Waals surface area (Å²) in [6, 6.07) is 0. The predicted octanol–water partition coefficient (Wildman–Crippen LogP) is 3.61. The number of esters is 1. The second-order valence-corrected chi connectivity index (χ2v) is 5.43. The van der Waals surface area contributed by atoms with Crippen LogP contribution in [0.3, 0.4) is 0 Å². The molecule has 0 aromatic carbocycles. The Kier molecular flexibility index (Phi) is 7.16. The highest BCUT2D eigenvalue weighted by molar-refractivity contribution is 5.76. The zero-order valence-electron chi connectivity index (χ0n) is 11.8. The molecule has 0 rings (SSSR count). The Balaban J connectivity index is 4.20. The first-order valence-electron chi connectivity index (χ1n) is 6.31. The van der Waals surface area contributed by atoms with Crippen molar-refractivity contribution in [3.05, 3.63) is 0 Å². The maximum absolute atomic E-state index is 12.6. The molecule has 118 valence electrons. The summed E-state index contributed by atoms with van der Waals surface area (Å²) in [5.74, 6) is -5.25. The number of hydrogen-bond acceptors (Lipinski definition) is 3. The van der Waals surface area contributed by atoms with Gasteiger partial charge in [-0.15, -0.1) is 0 Å². The Morgan fingerprint density at radius 3 is 2.15 bits per heavy atom. The second kappa shape index (κ2) is 7.59. The molecule has 7 heteroatoms. The van der Waals surface area contributed by atoms with Gasteiger partial charge >= 0.3 is 18.3 Å². The van der Waals surface area contributed by atoms with Gasteiger partial charge in [0.2, 0.25) is 0 Å². The third-order valence-electron chi connectivity index (χ3n) is 2.85. The van der Waals surface area contributed by atoms with E-state index >= 15 is 0 Å². The van der Waals surface area contributed by atoms with Gasteiger partial charge in [0.15, 0.2) is 6.61 Å². The van der Waals surface area contributed by atoms with Gasteiger partial charge in [0.05, 0.1) is 5.41 Å². The Labute approximate surface area is 115 Å². The number of Topliss-reactive ketones (excluding diaryl/α,β-unsaturated/α-hetero) is 1. The molecular weight excluding hydrogens is 280 g/mol. The van der Waals surface area contributed by atoms with Crippen LogP contribution < -0.4 is 0 Å². The van der Waals surface area contributed by atoms with Crippen molar-refractivity contribution in [1.82, 2.24) is 0 Å². The number of rotatable bonds is 9. The summed E-state index contributed by atoms with van der Waals surface area (Å²) in [5.41, 5.74) is -1.05. The summed E-state index contributed by atoms with van der Waals surface area (Å²) in [6.45, 7) is 2.81. The number of hydrogen-bond donors (Lipinski definition) is 0. The van der Waals surface area contributed by atoms with Gasteiger partial charge in [-0.25, -0.2) is 8.78 Å². The molecule has 0 radical (unpaired) electrons. The van der Waals surface area contributed by atoms with Gasteiger partial charge in [-0.3, -0.25) is 4.79 Å². The van der Waals surface area contributed by atoms with Crippen LogP contribution in [0.25, 0.3) is 0 Å². The van der Waals surface area contributed by atoms with Crippen molar-refractivity contribution in [3.63, 3.8) is 0 Å². The molecule has 0 aromatic rings. The van der Waals surface area contributed by atoms with Crippen LogP contribution in [0.2, 0.25) is 0 Å². The van der Waals surface area contributed by atoms with E-state index in [-0.39, 0.29) is 5.78 Å². The van der Waals surface area contributed by atoms with Crippen LogP contribution in [0.5, 0.6) is 0 Å². The normalized spacial score (nSPS) is 12.6. The molecule has 0 atom stereocenters. The van der Waals surface area contributed by atoms with Crippen LogP contribution >= 0.6 is 0 Å². The molecule has 0 amide bonds. The fourth-order valence-electron chi connectivity index (χ4n) is 1.46. The number of ketones is 1. The smallest absolute Gasteiger partial charge is 0.340 e. The van der Waals surface area contributed by atoms with Gasteiger partial charge in [0, 0.05) is 6.42 Å². The molecule has 0 aliphatic rings. The average Bonchev–Trinajstić information content (AvgIpc) is 2.31. The predicted molar refractivity (Wildman–Crippen MR) is 64.8 cm³/mol. The number of carbonyl (C=O) groups excluding carboxylic acids is 2. The standard InChI is InChI=1S/C13H20F4O3/c1-9(18)6-4-5-7-12(2,3)11(19)20-8-13(16,17)10(14)15/h10H,4-8H2,1-3H3. The fourth-order valence-corrected chi connectivity index (χ4v) is 1.46. The Morgan fingerprint density at radius 2 is 1.70 bits per heavy atom. The van der Waals surface area contributed by atoms with Crippen LogP contribution in [0, 0.1) is 5.41 Å². The number of carbonyl (C=O) groups is 2. The van der Waals surface area contributed by atoms with Gasteiger partial charge in [0.25, 0.3) is 0 Å². The minimum atomic E-state index is -4.33. The van der Waals surface area contributed by atoms with E-state index in [1.165, 1.54) is 20.8 Å². The van der Waals surface area contributed by atoms with Crippen LogP contribution in [-0.4, -0.2) is 30.7 Å². The Morgan fingerprint density at radius 1 is 1.15 bits per heavy atom. The van der Waals surface area contributed by atoms with Crippen LogP contribution in [-0.2, 0) is 14.3 Å². The monoisotopic (exact) mass is 300 g/mol. The zero-order valence-corrected chi connectivity index (χ0v) is 11.8. The van der Waals surface area contributed by atoms with E-state index in [1.54, 1.807) is 0 Å². The highest BCUT2D eigenvalue weighted by atomic mass is 19.3. The fraction of sp³-hybridized carbons (Fsp3) is 0.846. The number of halogens is 4. The summed E-state index contributed by atoms with van der Waals surface area (Å²) >= 11 is 0. The Hall–Kier alpha value is -1.14. The van der Waals surface area contributed by atoms with Gasteiger partial charge in [0.1, 0.15) is 5.78 Å². The van der Waals surface area contributed by atoms with Crippen LogP contribution in [0.1, 0.15) is 46.5 Å². The zero-order chi connectivity index (χ0) is 16.0. The van der Waals surface area contributed by atoms with Crippen LogP contribution in [0.4, 0.5) is 17.6 Å². The van der Waals surface area contributed by atoms with E-state index in [4.69, 9.17) is 0 Å². The molecule has 0 unspecified atom stereocenters. The highest BCUT2D eigenvalue weighted by Crippen LogP contribution is 2.28. The average molecular weight is 300 g/mol. The molecular formula is C13H20F4O3. The largest absolute Gasteiger partial charge is 0.459 e. The van der Waals surface area contributed by atoms with E-state index < -0.39 is 30.3 Å². The lowest BCUT2D eigenvalue weighted by Gasteiger charge is -2.24. The molecule has 0 aliphatic carbocycles. The molecule has 20 heavy (non-hydrogen) atoms. The van der Waals surface area contributed by atoms with Crippen molar-refractivity contribution in [2.45, 2.75) is 58.8 Å². The van der Waals surface area contributed by atoms with Crippen molar-refractivity contribution in [2.75, 3.05) is 6.61 Å². The van der Waals surface area contributed by atoms with Crippen LogP contribution in [0.15, 0.2) is 0 Å². The van der Waals surface area contributed by atoms with E-state index in [1.807, 2.05) is 0 Å². The maximum atomic E-state index is 12.6. The maximum Gasteiger partial charge on any atom is 0.340 e. The molecule has 0 spiro atoms. The SMILES string of the molecule is CC(=O)CCCCC(C)(C)C(=O)OCC(F)(F)C(F)F. The molecule has 0 fully saturated rings. The number of alkyl halides is 4. The van der Waals surface area contributed by atoms with Gasteiger partial charge in [-0.2, -0.15) is 8.78 Å². The summed E-state index contributed by atoms with van der Waals surface area (Å²) in [7, 11) is 0. The van der Waals surface area contributed by atoms with E-state index in [9.17, 15) is 27.2 Å². The number of unbranched alkanes of at least 4 members (excludes halogenated alkanes) is 1. The molecule has 3 nitrogen and oxygen atoms in total. The Bertz CT molecular complexity index is 341. The highest BCUT2D eigenvalue weighted by Gasteiger charge is 2.43. The summed E-state index contributed by atoms with van der Waals surface area (Å²) in [4.78, 5) is 22.3. The van der Waals surface area contributed by atoms with Gasteiger partial charge in [-0.1, -0.05) is 6.42 Å². The first-order chi connectivity index (χ1) is 8.99. The molecule has 0 aromatic heterocycles. The summed E-state index contributed by atoms with van der Waals surface area (Å²) < 4.78 is 53.3. The minimum Gasteiger partial charge on any atom is -0.459 e. The second-order valence-electron chi connectivity index (χ2n) is 5.43. The first kappa shape index (κ1) is 18.9. The lowest BCUT2D eigenvalue weighted by atomic mass is 9.87. The third kappa shape index (κ3) is 6.86. The van der Waals surface area contributed by atoms with Gasteiger partial charge < -0.3 is 9.53 Å². The molecule has 0 bridgehead atoms. The third-order valence-corrected chi connectivity index (χ3v) is 2.85. The van der Waals surface area contributed by atoms with Crippen molar-refractivity contribution in [3.8, 4) is 0 Å². The summed E-state index contributed by atoms with van der Waals surface area (Å²) in [6.07, 6.45) is -2.02.